The van der Waals surface area contributed by atoms with Gasteiger partial charge in [-0.1, -0.05) is 0 Å². The van der Waals surface area contributed by atoms with Crippen LogP contribution < -0.4 is 0 Å². The number of carboxylic acid groups (broad SMARTS) is 1. The lowest BCUT2D eigenvalue weighted by Gasteiger charge is -2.46. The number of hydrogen-bond acceptors (Lipinski definition) is 3. The molecule has 0 bridgehead atoms. The Morgan fingerprint density at radius 2 is 2.21 bits per heavy atom. The van der Waals surface area contributed by atoms with Crippen molar-refractivity contribution in [3.63, 3.8) is 0 Å². The van der Waals surface area contributed by atoms with Crippen molar-refractivity contribution in [3.8, 4) is 12.3 Å². The highest BCUT2D eigenvalue weighted by Gasteiger charge is 2.42. The largest absolute Gasteiger partial charge is 0.480 e. The van der Waals surface area contributed by atoms with Crippen LogP contribution in [0.5, 0.6) is 0 Å². The van der Waals surface area contributed by atoms with Gasteiger partial charge < -0.3 is 14.7 Å². The van der Waals surface area contributed by atoms with Crippen LogP contribution in [0.3, 0.4) is 0 Å². The molecule has 14 heavy (non-hydrogen) atoms. The van der Waals surface area contributed by atoms with Gasteiger partial charge in [-0.15, -0.1) is 6.42 Å². The van der Waals surface area contributed by atoms with Crippen LogP contribution in [0.2, 0.25) is 0 Å². The minimum Gasteiger partial charge on any atom is -0.480 e. The third kappa shape index (κ3) is 2.24. The van der Waals surface area contributed by atoms with Gasteiger partial charge in [0.25, 0.3) is 5.91 Å². The quantitative estimate of drug-likeness (QED) is 0.609. The number of rotatable bonds is 3. The fourth-order valence-corrected chi connectivity index (χ4v) is 1.32. The molecular formula is C9H11NO4. The van der Waals surface area contributed by atoms with Crippen LogP contribution in [-0.4, -0.2) is 47.2 Å². The molecule has 0 atom stereocenters. The highest BCUT2D eigenvalue weighted by atomic mass is 16.5. The number of nitrogens with zero attached hydrogens (tertiary/aromatic N) is 1. The Morgan fingerprint density at radius 1 is 1.64 bits per heavy atom. The second-order valence-electron chi connectivity index (χ2n) is 3.44. The molecule has 0 saturated carbocycles. The molecule has 0 aromatic carbocycles. The lowest BCUT2D eigenvalue weighted by Crippen LogP contribution is -2.63. The van der Waals surface area contributed by atoms with Crippen LogP contribution >= 0.6 is 0 Å². The van der Waals surface area contributed by atoms with Crippen LogP contribution in [-0.2, 0) is 14.3 Å². The molecule has 0 spiro atoms. The van der Waals surface area contributed by atoms with Gasteiger partial charge in [0.15, 0.2) is 0 Å². The van der Waals surface area contributed by atoms with Crippen molar-refractivity contribution < 1.29 is 19.4 Å². The highest BCUT2D eigenvalue weighted by Crippen LogP contribution is 2.24. The number of hydrogen-bond donors (Lipinski definition) is 1. The normalized spacial score (nSPS) is 18.1. The summed E-state index contributed by atoms with van der Waals surface area (Å²) in [5.41, 5.74) is -0.565. The molecule has 5 nitrogen and oxygen atoms in total. The molecule has 76 valence electrons. The zero-order valence-electron chi connectivity index (χ0n) is 7.82. The van der Waals surface area contributed by atoms with E-state index in [4.69, 9.17) is 16.3 Å². The Balaban J connectivity index is 2.34. The van der Waals surface area contributed by atoms with Gasteiger partial charge in [-0.05, 0) is 12.8 Å². The van der Waals surface area contributed by atoms with E-state index in [0.29, 0.717) is 13.1 Å². The fraction of sp³-hybridized carbons (Fsp3) is 0.556. The molecule has 1 aliphatic heterocycles. The van der Waals surface area contributed by atoms with Crippen LogP contribution in [0.15, 0.2) is 0 Å². The van der Waals surface area contributed by atoms with Crippen molar-refractivity contribution in [3.05, 3.63) is 0 Å². The fourth-order valence-electron chi connectivity index (χ4n) is 1.32. The molecule has 1 saturated heterocycles. The predicted octanol–water partition coefficient (Wildman–Crippen LogP) is -0.678. The molecular weight excluding hydrogens is 186 g/mol. The number of amides is 1. The van der Waals surface area contributed by atoms with Crippen molar-refractivity contribution in [2.24, 2.45) is 0 Å². The summed E-state index contributed by atoms with van der Waals surface area (Å²) < 4.78 is 5.09. The second-order valence-corrected chi connectivity index (χ2v) is 3.44. The van der Waals surface area contributed by atoms with Gasteiger partial charge >= 0.3 is 5.97 Å². The molecule has 1 aliphatic rings. The molecule has 1 heterocycles. The van der Waals surface area contributed by atoms with E-state index in [-0.39, 0.29) is 12.5 Å². The van der Waals surface area contributed by atoms with E-state index in [1.54, 1.807) is 6.92 Å². The highest BCUT2D eigenvalue weighted by molar-refractivity contribution is 5.93. The summed E-state index contributed by atoms with van der Waals surface area (Å²) >= 11 is 0. The monoisotopic (exact) mass is 197 g/mol. The van der Waals surface area contributed by atoms with Crippen LogP contribution in [0.4, 0.5) is 0 Å². The third-order valence-electron chi connectivity index (χ3n) is 2.01. The Labute approximate surface area is 81.6 Å². The number of terminal acetylenes is 1. The maximum atomic E-state index is 10.9. The molecule has 5 heteroatoms. The molecule has 0 radical (unpaired) electrons. The van der Waals surface area contributed by atoms with Crippen molar-refractivity contribution in [2.45, 2.75) is 12.5 Å². The molecule has 0 aliphatic carbocycles. The molecule has 0 aromatic rings. The first kappa shape index (κ1) is 10.5. The van der Waals surface area contributed by atoms with Crippen LogP contribution in [0, 0.1) is 12.3 Å². The van der Waals surface area contributed by atoms with Crippen LogP contribution in [0.1, 0.15) is 6.92 Å². The maximum absolute atomic E-state index is 10.9. The van der Waals surface area contributed by atoms with Crippen molar-refractivity contribution >= 4 is 11.9 Å². The summed E-state index contributed by atoms with van der Waals surface area (Å²) in [6, 6.07) is 0. The van der Waals surface area contributed by atoms with Gasteiger partial charge in [-0.25, -0.2) is 4.79 Å². The zero-order valence-corrected chi connectivity index (χ0v) is 7.82. The Hall–Kier alpha value is -1.54. The van der Waals surface area contributed by atoms with E-state index in [1.807, 2.05) is 5.92 Å². The number of ether oxygens (including phenoxy) is 1. The smallest absolute Gasteiger partial charge is 0.329 e. The summed E-state index contributed by atoms with van der Waals surface area (Å²) in [5, 5.41) is 8.38. The van der Waals surface area contributed by atoms with Gasteiger partial charge in [0.05, 0.1) is 13.1 Å². The SMILES string of the molecule is C#CC(=O)N1CC(C)(OCC(=O)O)C1. The first-order valence-electron chi connectivity index (χ1n) is 4.08. The van der Waals surface area contributed by atoms with Crippen molar-refractivity contribution in [1.29, 1.82) is 0 Å². The summed E-state index contributed by atoms with van der Waals surface area (Å²) in [4.78, 5) is 22.6. The second kappa shape index (κ2) is 3.68. The molecule has 1 N–H and O–H groups in total. The zero-order chi connectivity index (χ0) is 10.8. The van der Waals surface area contributed by atoms with E-state index < -0.39 is 11.6 Å². The molecule has 0 unspecified atom stereocenters. The van der Waals surface area contributed by atoms with Gasteiger partial charge in [0.2, 0.25) is 0 Å². The number of aliphatic carboxylic acids is 1. The molecule has 1 amide bonds. The number of likely N-dealkylation sites (tertiary alicyclic amines) is 1. The van der Waals surface area contributed by atoms with Crippen molar-refractivity contribution in [2.75, 3.05) is 19.7 Å². The summed E-state index contributed by atoms with van der Waals surface area (Å²) in [6.45, 7) is 2.09. The first-order chi connectivity index (χ1) is 6.47. The molecule has 1 rings (SSSR count). The molecule has 0 aromatic heterocycles. The van der Waals surface area contributed by atoms with Gasteiger partial charge in [-0.3, -0.25) is 4.79 Å². The minimum atomic E-state index is -1.02. The lowest BCUT2D eigenvalue weighted by atomic mass is 9.96. The van der Waals surface area contributed by atoms with E-state index in [9.17, 15) is 9.59 Å². The van der Waals surface area contributed by atoms with Gasteiger partial charge in [-0.2, -0.15) is 0 Å². The summed E-state index contributed by atoms with van der Waals surface area (Å²) in [7, 11) is 0. The number of carboxylic acids is 1. The van der Waals surface area contributed by atoms with Gasteiger partial charge in [0.1, 0.15) is 12.2 Å². The third-order valence-corrected chi connectivity index (χ3v) is 2.01. The average molecular weight is 197 g/mol. The van der Waals surface area contributed by atoms with Gasteiger partial charge in [0, 0.05) is 0 Å². The minimum absolute atomic E-state index is 0.351. The Kier molecular flexibility index (Phi) is 2.77. The Bertz CT molecular complexity index is 298. The maximum Gasteiger partial charge on any atom is 0.329 e. The van der Waals surface area contributed by atoms with Crippen molar-refractivity contribution in [1.82, 2.24) is 4.90 Å². The Morgan fingerprint density at radius 3 is 2.64 bits per heavy atom. The van der Waals surface area contributed by atoms with E-state index in [0.717, 1.165) is 0 Å². The summed E-state index contributed by atoms with van der Waals surface area (Å²) in [5.74, 6) is 0.577. The topological polar surface area (TPSA) is 66.8 Å². The average Bonchev–Trinajstić information content (AvgIpc) is 2.09. The van der Waals surface area contributed by atoms with E-state index in [2.05, 4.69) is 0 Å². The standard InChI is InChI=1S/C9H11NO4/c1-3-7(11)10-5-9(2,6-10)14-4-8(12)13/h1H,4-6H2,2H3,(H,12,13). The van der Waals surface area contributed by atoms with Crippen LogP contribution in [0.25, 0.3) is 0 Å². The first-order valence-corrected chi connectivity index (χ1v) is 4.08. The van der Waals surface area contributed by atoms with E-state index in [1.165, 1.54) is 4.90 Å². The lowest BCUT2D eigenvalue weighted by molar-refractivity contribution is -0.170. The summed E-state index contributed by atoms with van der Waals surface area (Å²) in [6.07, 6.45) is 4.92. The number of carbonyl (C=O) groups excluding carboxylic acids is 1. The number of carbonyl (C=O) groups is 2. The van der Waals surface area contributed by atoms with E-state index >= 15 is 0 Å². The molecule has 1 fully saturated rings. The predicted molar refractivity (Wildman–Crippen MR) is 47.4 cm³/mol.